The highest BCUT2D eigenvalue weighted by Gasteiger charge is 2.51. The number of carbonyl (C=O) groups is 4. The fraction of sp³-hybridized carbons (Fsp3) is 0.607. The second-order valence-corrected chi connectivity index (χ2v) is 19.8. The Morgan fingerprint density at radius 3 is 1.87 bits per heavy atom. The molecule has 19 atom stereocenters. The molecule has 3 aliphatic heterocycles. The van der Waals surface area contributed by atoms with E-state index in [-0.39, 0.29) is 44.8 Å². The van der Waals surface area contributed by atoms with E-state index in [4.69, 9.17) is 33.2 Å². The van der Waals surface area contributed by atoms with E-state index >= 15 is 0 Å². The Hall–Kier alpha value is -5.34. The standard InChI is InChI=1S/C56H84N2O20/c1-8-26-72-54(69)58-49-51(67)37(6)75-53(52(49)68)76-42-23-21-19-17-15-13-11-10-12-14-16-18-20-22-34(3)50(66)35(4)36(5)74-47(65)30-40(61)28-39(60)24-25-43(63)44(64)29-41(62)32-56(71)33-46(77-55(70)73-27-9-2)48(57-38(7)59)45(31-42)78-56/h8-23,34-37,39-46,48-53,60-64,66-68,71H,1-2,24-33H2,3-7H3,(H,57,59)(H,58,69)/b11-10+,14-12+,15-13+,18-16+,19-17+,22-20+,23-21+. The zero-order chi connectivity index (χ0) is 58.0. The third kappa shape index (κ3) is 23.9. The van der Waals surface area contributed by atoms with Crippen molar-refractivity contribution in [3.63, 3.8) is 0 Å². The van der Waals surface area contributed by atoms with Gasteiger partial charge in [0.1, 0.15) is 37.6 Å². The highest BCUT2D eigenvalue weighted by Crippen LogP contribution is 2.37. The van der Waals surface area contributed by atoms with Gasteiger partial charge in [0.25, 0.3) is 0 Å². The van der Waals surface area contributed by atoms with Gasteiger partial charge in [0.05, 0.1) is 73.4 Å². The highest BCUT2D eigenvalue weighted by atomic mass is 16.7. The molecule has 0 aromatic rings. The van der Waals surface area contributed by atoms with Crippen LogP contribution in [0.3, 0.4) is 0 Å². The number of aliphatic hydroxyl groups is 9. The molecule has 3 aliphatic rings. The van der Waals surface area contributed by atoms with Crippen LogP contribution in [0.4, 0.5) is 9.59 Å². The molecule has 0 aromatic heterocycles. The minimum Gasteiger partial charge on any atom is -0.462 e. The number of amides is 2. The molecule has 2 amide bonds. The molecule has 0 spiro atoms. The van der Waals surface area contributed by atoms with Crippen molar-refractivity contribution in [2.75, 3.05) is 13.2 Å². The Bertz CT molecular complexity index is 2090. The first kappa shape index (κ1) is 66.9. The molecule has 0 saturated carbocycles. The van der Waals surface area contributed by atoms with Gasteiger partial charge in [-0.2, -0.15) is 0 Å². The number of allylic oxidation sites excluding steroid dienone is 12. The Morgan fingerprint density at radius 2 is 1.27 bits per heavy atom. The number of esters is 1. The van der Waals surface area contributed by atoms with Crippen molar-refractivity contribution in [3.05, 3.63) is 110 Å². The molecule has 11 N–H and O–H groups in total. The molecule has 438 valence electrons. The number of cyclic esters (lactones) is 1. The number of carbonyl (C=O) groups excluding carboxylic acids is 4. The lowest BCUT2D eigenvalue weighted by Crippen LogP contribution is -2.64. The van der Waals surface area contributed by atoms with E-state index in [1.807, 2.05) is 13.0 Å². The fourth-order valence-electron chi connectivity index (χ4n) is 8.90. The maximum Gasteiger partial charge on any atom is 0.508 e. The molecular weight excluding hydrogens is 1020 g/mol. The van der Waals surface area contributed by atoms with Crippen LogP contribution in [0.15, 0.2) is 110 Å². The van der Waals surface area contributed by atoms with Crippen LogP contribution in [-0.2, 0) is 42.7 Å². The summed E-state index contributed by atoms with van der Waals surface area (Å²) in [5.41, 5.74) is 0. The molecule has 3 heterocycles. The third-order valence-electron chi connectivity index (χ3n) is 13.2. The van der Waals surface area contributed by atoms with Crippen LogP contribution in [0.25, 0.3) is 0 Å². The van der Waals surface area contributed by atoms with Crippen molar-refractivity contribution >= 4 is 24.1 Å². The van der Waals surface area contributed by atoms with Crippen LogP contribution >= 0.6 is 0 Å². The molecule has 2 fully saturated rings. The van der Waals surface area contributed by atoms with Gasteiger partial charge in [-0.1, -0.05) is 124 Å². The predicted molar refractivity (Wildman–Crippen MR) is 284 cm³/mol. The average Bonchev–Trinajstić information content (AvgIpc) is 3.36. The molecule has 78 heavy (non-hydrogen) atoms. The Labute approximate surface area is 456 Å². The molecule has 3 rings (SSSR count). The molecule has 0 aromatic carbocycles. The maximum absolute atomic E-state index is 13.0. The summed E-state index contributed by atoms with van der Waals surface area (Å²) >= 11 is 0. The first-order valence-electron chi connectivity index (χ1n) is 26.3. The minimum absolute atomic E-state index is 0.139. The fourth-order valence-corrected chi connectivity index (χ4v) is 8.90. The summed E-state index contributed by atoms with van der Waals surface area (Å²) in [4.78, 5) is 51.1. The van der Waals surface area contributed by atoms with Crippen LogP contribution in [0, 0.1) is 11.8 Å². The second-order valence-electron chi connectivity index (χ2n) is 19.8. The smallest absolute Gasteiger partial charge is 0.462 e. The lowest BCUT2D eigenvalue weighted by molar-refractivity contribution is -0.304. The van der Waals surface area contributed by atoms with E-state index in [1.54, 1.807) is 86.8 Å². The van der Waals surface area contributed by atoms with E-state index in [2.05, 4.69) is 23.8 Å². The van der Waals surface area contributed by atoms with Crippen LogP contribution < -0.4 is 10.6 Å². The highest BCUT2D eigenvalue weighted by molar-refractivity contribution is 5.73. The lowest BCUT2D eigenvalue weighted by Gasteiger charge is -2.47. The van der Waals surface area contributed by atoms with Crippen molar-refractivity contribution < 1.29 is 98.3 Å². The van der Waals surface area contributed by atoms with Crippen molar-refractivity contribution in [3.8, 4) is 0 Å². The molecule has 2 bridgehead atoms. The first-order valence-corrected chi connectivity index (χ1v) is 26.3. The summed E-state index contributed by atoms with van der Waals surface area (Å²) in [6.45, 7) is 14.5. The number of hydrogen-bond acceptors (Lipinski definition) is 20. The van der Waals surface area contributed by atoms with Crippen molar-refractivity contribution in [2.45, 2.75) is 189 Å². The molecule has 0 radical (unpaired) electrons. The largest absolute Gasteiger partial charge is 0.508 e. The van der Waals surface area contributed by atoms with Gasteiger partial charge in [0.15, 0.2) is 12.1 Å². The number of nitrogens with one attached hydrogen (secondary N) is 2. The number of aliphatic hydroxyl groups excluding tert-OH is 8. The summed E-state index contributed by atoms with van der Waals surface area (Å²) in [6, 6.07) is -2.61. The summed E-state index contributed by atoms with van der Waals surface area (Å²) in [7, 11) is 0. The van der Waals surface area contributed by atoms with Gasteiger partial charge >= 0.3 is 18.2 Å². The zero-order valence-electron chi connectivity index (χ0n) is 45.1. The minimum atomic E-state index is -2.39. The first-order chi connectivity index (χ1) is 37.0. The Kier molecular flexibility index (Phi) is 29.7. The Morgan fingerprint density at radius 1 is 0.679 bits per heavy atom. The topological polar surface area (TPSA) is 339 Å². The van der Waals surface area contributed by atoms with Gasteiger partial charge in [-0.25, -0.2) is 9.59 Å². The number of fused-ring (bicyclic) bond motifs is 2. The summed E-state index contributed by atoms with van der Waals surface area (Å²) < 4.78 is 39.7. The average molecular weight is 1110 g/mol. The summed E-state index contributed by atoms with van der Waals surface area (Å²) in [6.07, 6.45) is 2.93. The van der Waals surface area contributed by atoms with Gasteiger partial charge < -0.3 is 89.8 Å². The monoisotopic (exact) mass is 1100 g/mol. The summed E-state index contributed by atoms with van der Waals surface area (Å²) in [5, 5.41) is 105. The van der Waals surface area contributed by atoms with Crippen LogP contribution in [0.1, 0.15) is 86.0 Å². The van der Waals surface area contributed by atoms with Gasteiger partial charge in [0, 0.05) is 44.4 Å². The third-order valence-corrected chi connectivity index (χ3v) is 13.2. The molecule has 19 unspecified atom stereocenters. The SMILES string of the molecule is C=CCOC(=O)NC1C(O)C(C)OC(OC2/C=C/C=C/C=C/C=C/C=C/C=C/C=C/C(C)C(O)C(C)C(C)OC(=O)CC(O)CC(O)CCC(O)C(O)CC(O)CC3(O)CC(OC(=O)OCC=C)C(NC(C)=O)C(C2)O3)C1O. The second kappa shape index (κ2) is 34.6. The molecular formula is C56H84N2O20. The molecule has 22 heteroatoms. The van der Waals surface area contributed by atoms with E-state index in [0.29, 0.717) is 0 Å². The van der Waals surface area contributed by atoms with Crippen LogP contribution in [0.2, 0.25) is 0 Å². The van der Waals surface area contributed by atoms with Gasteiger partial charge in [-0.15, -0.1) is 0 Å². The van der Waals surface area contributed by atoms with E-state index in [0.717, 1.165) is 0 Å². The predicted octanol–water partition coefficient (Wildman–Crippen LogP) is 2.82. The zero-order valence-corrected chi connectivity index (χ0v) is 45.1. The van der Waals surface area contributed by atoms with Crippen molar-refractivity contribution in [1.82, 2.24) is 10.6 Å². The molecule has 2 saturated heterocycles. The normalized spacial score (nSPS) is 39.4. The van der Waals surface area contributed by atoms with E-state index < -0.39 is 159 Å². The quantitative estimate of drug-likeness (QED) is 0.0898. The van der Waals surface area contributed by atoms with Gasteiger partial charge in [-0.05, 0) is 33.1 Å². The van der Waals surface area contributed by atoms with Crippen LogP contribution in [-0.4, -0.2) is 187 Å². The van der Waals surface area contributed by atoms with Crippen molar-refractivity contribution in [1.29, 1.82) is 0 Å². The Balaban J connectivity index is 2.04. The number of alkyl carbamates (subject to hydrolysis) is 1. The van der Waals surface area contributed by atoms with Crippen LogP contribution in [0.5, 0.6) is 0 Å². The van der Waals surface area contributed by atoms with Gasteiger partial charge in [-0.3, -0.25) is 9.59 Å². The summed E-state index contributed by atoms with van der Waals surface area (Å²) in [5.74, 6) is -4.52. The molecule has 22 nitrogen and oxygen atoms in total. The number of ether oxygens (including phenoxy) is 7. The van der Waals surface area contributed by atoms with E-state index in [1.165, 1.54) is 32.1 Å². The van der Waals surface area contributed by atoms with Crippen molar-refractivity contribution in [2.24, 2.45) is 11.8 Å². The molecule has 0 aliphatic carbocycles. The number of rotatable bonds is 9. The number of hydrogen-bond donors (Lipinski definition) is 11. The van der Waals surface area contributed by atoms with Gasteiger partial charge in [0.2, 0.25) is 5.91 Å². The lowest BCUT2D eigenvalue weighted by atomic mass is 9.86. The van der Waals surface area contributed by atoms with E-state index in [9.17, 15) is 65.1 Å². The maximum atomic E-state index is 13.0.